The Morgan fingerprint density at radius 2 is 2.55 bits per heavy atom. The highest BCUT2D eigenvalue weighted by molar-refractivity contribution is 14.1. The van der Waals surface area contributed by atoms with E-state index < -0.39 is 6.09 Å². The first-order valence-electron chi connectivity index (χ1n) is 2.83. The zero-order chi connectivity index (χ0) is 8.69. The van der Waals surface area contributed by atoms with Crippen LogP contribution in [0.1, 0.15) is 6.92 Å². The number of nitrogens with two attached hydrogens (primary N) is 1. The van der Waals surface area contributed by atoms with Crippen LogP contribution < -0.4 is 5.73 Å². The Morgan fingerprint density at radius 1 is 1.91 bits per heavy atom. The minimum atomic E-state index is -0.743. The lowest BCUT2D eigenvalue weighted by Crippen LogP contribution is -2.18. The fourth-order valence-corrected chi connectivity index (χ4v) is 1.39. The summed E-state index contributed by atoms with van der Waals surface area (Å²) in [6.45, 7) is 1.75. The van der Waals surface area contributed by atoms with Crippen LogP contribution in [0.25, 0.3) is 0 Å². The Kier molecular flexibility index (Phi) is 6.56. The number of carbonyl (C=O) groups is 1. The summed E-state index contributed by atoms with van der Waals surface area (Å²) in [6, 6.07) is 0. The lowest BCUT2D eigenvalue weighted by Gasteiger charge is -2.07. The zero-order valence-corrected chi connectivity index (χ0v) is 8.94. The van der Waals surface area contributed by atoms with Crippen LogP contribution in [0.15, 0.2) is 0 Å². The van der Waals surface area contributed by atoms with E-state index in [1.54, 1.807) is 6.92 Å². The van der Waals surface area contributed by atoms with E-state index in [1.165, 1.54) is 11.8 Å². The number of amides is 1. The third-order valence-electron chi connectivity index (χ3n) is 0.739. The molecule has 0 rings (SSSR count). The summed E-state index contributed by atoms with van der Waals surface area (Å²) in [6.07, 6.45) is -0.743. The number of ether oxygens (including phenoxy) is 1. The number of carbonyl (C=O) groups excluding carboxylic acids is 1. The molecule has 0 heterocycles. The van der Waals surface area contributed by atoms with Gasteiger partial charge in [-0.05, 0) is 10.9 Å². The molecular formula is C6H8INO2S. The first-order chi connectivity index (χ1) is 5.16. The van der Waals surface area contributed by atoms with Gasteiger partial charge >= 0.3 is 6.09 Å². The van der Waals surface area contributed by atoms with Crippen molar-refractivity contribution < 1.29 is 9.53 Å². The summed E-state index contributed by atoms with van der Waals surface area (Å²) in [5.41, 5.74) is 4.57. The van der Waals surface area contributed by atoms with Crippen molar-refractivity contribution in [1.29, 1.82) is 0 Å². The smallest absolute Gasteiger partial charge is 0.405 e. The summed E-state index contributed by atoms with van der Waals surface area (Å²) in [7, 11) is 0. The molecule has 0 aliphatic heterocycles. The predicted molar refractivity (Wildman–Crippen MR) is 54.4 cm³/mol. The van der Waals surface area contributed by atoms with Crippen LogP contribution in [-0.2, 0) is 4.74 Å². The number of hydrogen-bond acceptors (Lipinski definition) is 3. The van der Waals surface area contributed by atoms with E-state index in [9.17, 15) is 4.79 Å². The standard InChI is InChI=1S/C6H8INO2S/c1-5(10-6(8)9)11-4-2-3-7/h5H,4H2,1H3,(H2,8,9). The molecule has 11 heavy (non-hydrogen) atoms. The molecule has 0 aromatic rings. The van der Waals surface area contributed by atoms with Gasteiger partial charge in [-0.25, -0.2) is 4.79 Å². The quantitative estimate of drug-likeness (QED) is 0.486. The van der Waals surface area contributed by atoms with Crippen LogP contribution >= 0.6 is 34.4 Å². The van der Waals surface area contributed by atoms with Gasteiger partial charge in [-0.15, -0.1) is 11.8 Å². The molecule has 62 valence electrons. The molecule has 0 aromatic heterocycles. The average Bonchev–Trinajstić information content (AvgIpc) is 1.86. The van der Waals surface area contributed by atoms with Crippen LogP contribution in [-0.4, -0.2) is 17.3 Å². The van der Waals surface area contributed by atoms with E-state index in [0.29, 0.717) is 5.75 Å². The molecule has 0 aromatic carbocycles. The normalized spacial score (nSPS) is 11.1. The molecule has 0 fully saturated rings. The van der Waals surface area contributed by atoms with Crippen molar-refractivity contribution in [3.63, 3.8) is 0 Å². The number of halogens is 1. The number of primary amides is 1. The molecule has 0 aliphatic carbocycles. The maximum atomic E-state index is 10.2. The van der Waals surface area contributed by atoms with E-state index in [4.69, 9.17) is 5.73 Å². The molecule has 0 spiro atoms. The monoisotopic (exact) mass is 285 g/mol. The summed E-state index contributed by atoms with van der Waals surface area (Å²) < 4.78 is 7.33. The van der Waals surface area contributed by atoms with Crippen LogP contribution in [0.2, 0.25) is 0 Å². The highest BCUT2D eigenvalue weighted by Gasteiger charge is 2.03. The van der Waals surface area contributed by atoms with Crippen molar-refractivity contribution in [3.05, 3.63) is 0 Å². The van der Waals surface area contributed by atoms with Gasteiger partial charge in [0.1, 0.15) is 5.44 Å². The van der Waals surface area contributed by atoms with Crippen molar-refractivity contribution >= 4 is 40.4 Å². The highest BCUT2D eigenvalue weighted by atomic mass is 127. The molecule has 0 aliphatic rings. The summed E-state index contributed by atoms with van der Waals surface area (Å²) in [4.78, 5) is 10.2. The van der Waals surface area contributed by atoms with Crippen molar-refractivity contribution in [1.82, 2.24) is 0 Å². The van der Waals surface area contributed by atoms with Crippen molar-refractivity contribution in [3.8, 4) is 9.85 Å². The molecule has 0 radical (unpaired) electrons. The van der Waals surface area contributed by atoms with Crippen LogP contribution in [0.5, 0.6) is 0 Å². The van der Waals surface area contributed by atoms with Crippen molar-refractivity contribution in [2.24, 2.45) is 5.73 Å². The van der Waals surface area contributed by atoms with Crippen LogP contribution in [0, 0.1) is 9.85 Å². The van der Waals surface area contributed by atoms with E-state index in [0.717, 1.165) is 0 Å². The van der Waals surface area contributed by atoms with Crippen molar-refractivity contribution in [2.75, 3.05) is 5.75 Å². The highest BCUT2D eigenvalue weighted by Crippen LogP contribution is 2.09. The summed E-state index contributed by atoms with van der Waals surface area (Å²) >= 11 is 3.38. The molecule has 0 bridgehead atoms. The maximum Gasteiger partial charge on any atom is 0.405 e. The molecule has 1 unspecified atom stereocenters. The topological polar surface area (TPSA) is 52.3 Å². The number of hydrogen-bond donors (Lipinski definition) is 1. The van der Waals surface area contributed by atoms with E-state index in [-0.39, 0.29) is 5.44 Å². The fraction of sp³-hybridized carbons (Fsp3) is 0.500. The Labute approximate surface area is 83.6 Å². The molecule has 5 heteroatoms. The zero-order valence-electron chi connectivity index (χ0n) is 5.96. The lowest BCUT2D eigenvalue weighted by atomic mass is 10.8. The SMILES string of the molecule is CC(OC(N)=O)SCC#CI. The predicted octanol–water partition coefficient (Wildman–Crippen LogP) is 1.56. The lowest BCUT2D eigenvalue weighted by molar-refractivity contribution is 0.152. The van der Waals surface area contributed by atoms with Gasteiger partial charge in [-0.1, -0.05) is 5.92 Å². The second-order valence-electron chi connectivity index (χ2n) is 1.59. The number of rotatable bonds is 3. The molecular weight excluding hydrogens is 277 g/mol. The van der Waals surface area contributed by atoms with Gasteiger partial charge in [0.2, 0.25) is 0 Å². The van der Waals surface area contributed by atoms with Gasteiger partial charge in [0.15, 0.2) is 0 Å². The third-order valence-corrected chi connectivity index (χ3v) is 2.00. The second kappa shape index (κ2) is 6.61. The minimum absolute atomic E-state index is 0.218. The van der Waals surface area contributed by atoms with E-state index in [2.05, 4.69) is 14.6 Å². The van der Waals surface area contributed by atoms with Gasteiger partial charge < -0.3 is 10.5 Å². The van der Waals surface area contributed by atoms with Gasteiger partial charge in [-0.2, -0.15) is 0 Å². The first-order valence-corrected chi connectivity index (χ1v) is 4.95. The van der Waals surface area contributed by atoms with Crippen LogP contribution in [0.4, 0.5) is 4.79 Å². The Bertz CT molecular complexity index is 187. The summed E-state index contributed by atoms with van der Waals surface area (Å²) in [5.74, 6) is 3.47. The minimum Gasteiger partial charge on any atom is -0.436 e. The average molecular weight is 285 g/mol. The fourth-order valence-electron chi connectivity index (χ4n) is 0.384. The Balaban J connectivity index is 3.41. The molecule has 2 N–H and O–H groups in total. The first kappa shape index (κ1) is 10.9. The van der Waals surface area contributed by atoms with Gasteiger partial charge in [0, 0.05) is 22.6 Å². The summed E-state index contributed by atoms with van der Waals surface area (Å²) in [5, 5.41) is 0. The third kappa shape index (κ3) is 7.81. The molecule has 3 nitrogen and oxygen atoms in total. The van der Waals surface area contributed by atoms with E-state index >= 15 is 0 Å². The molecule has 0 saturated heterocycles. The van der Waals surface area contributed by atoms with Gasteiger partial charge in [0.25, 0.3) is 0 Å². The van der Waals surface area contributed by atoms with Crippen LogP contribution in [0.3, 0.4) is 0 Å². The Hall–Kier alpha value is -0.0900. The largest absolute Gasteiger partial charge is 0.436 e. The van der Waals surface area contributed by atoms with Gasteiger partial charge in [-0.3, -0.25) is 0 Å². The maximum absolute atomic E-state index is 10.2. The van der Waals surface area contributed by atoms with Crippen molar-refractivity contribution in [2.45, 2.75) is 12.4 Å². The second-order valence-corrected chi connectivity index (χ2v) is 3.41. The Morgan fingerprint density at radius 3 is 3.00 bits per heavy atom. The molecule has 0 saturated carbocycles. The molecule has 1 amide bonds. The van der Waals surface area contributed by atoms with Gasteiger partial charge in [0.05, 0.1) is 5.75 Å². The van der Waals surface area contributed by atoms with E-state index in [1.807, 2.05) is 22.6 Å². The molecule has 1 atom stereocenters. The number of thioether (sulfide) groups is 1.